The highest BCUT2D eigenvalue weighted by atomic mass is 16.4. The molecule has 0 bridgehead atoms. The van der Waals surface area contributed by atoms with E-state index in [1.807, 2.05) is 51.1 Å². The molecule has 1 aromatic rings. The van der Waals surface area contributed by atoms with Crippen molar-refractivity contribution in [1.29, 1.82) is 0 Å². The van der Waals surface area contributed by atoms with Gasteiger partial charge < -0.3 is 27.2 Å². The van der Waals surface area contributed by atoms with Crippen molar-refractivity contribution in [2.75, 3.05) is 0 Å². The lowest BCUT2D eigenvalue weighted by Gasteiger charge is -2.34. The van der Waals surface area contributed by atoms with Gasteiger partial charge in [-0.3, -0.25) is 24.5 Å². The average molecular weight is 518 g/mol. The Balaban J connectivity index is 2.10. The van der Waals surface area contributed by atoms with Crippen molar-refractivity contribution >= 4 is 23.6 Å². The van der Waals surface area contributed by atoms with Gasteiger partial charge in [-0.05, 0) is 37.2 Å². The summed E-state index contributed by atoms with van der Waals surface area (Å²) in [4.78, 5) is 51.0. The number of carboxylic acid groups (broad SMARTS) is 1. The summed E-state index contributed by atoms with van der Waals surface area (Å²) < 4.78 is 0. The molecule has 0 aromatic heterocycles. The molecule has 1 saturated heterocycles. The van der Waals surface area contributed by atoms with Crippen LogP contribution in [0.15, 0.2) is 30.3 Å². The Morgan fingerprint density at radius 2 is 1.76 bits per heavy atom. The lowest BCUT2D eigenvalue weighted by molar-refractivity contribution is -0.144. The summed E-state index contributed by atoms with van der Waals surface area (Å²) >= 11 is 0. The molecule has 37 heavy (non-hydrogen) atoms. The first-order valence-electron chi connectivity index (χ1n) is 13.2. The van der Waals surface area contributed by atoms with Gasteiger partial charge in [0.2, 0.25) is 11.8 Å². The molecule has 206 valence electrons. The lowest BCUT2D eigenvalue weighted by atomic mass is 9.86. The third kappa shape index (κ3) is 9.87. The number of piperidine rings is 1. The average Bonchev–Trinajstić information content (AvgIpc) is 2.85. The molecule has 1 aromatic carbocycles. The minimum Gasteiger partial charge on any atom is -0.481 e. The zero-order valence-electron chi connectivity index (χ0n) is 22.1. The number of nitrogens with one attached hydrogen (secondary N) is 3. The highest BCUT2D eigenvalue weighted by Crippen LogP contribution is 2.21. The van der Waals surface area contributed by atoms with Crippen LogP contribution in [-0.4, -0.2) is 53.0 Å². The van der Waals surface area contributed by atoms with Gasteiger partial charge in [0.05, 0.1) is 24.2 Å². The topological polar surface area (TPSA) is 177 Å². The van der Waals surface area contributed by atoms with Crippen LogP contribution in [0.4, 0.5) is 0 Å². The second kappa shape index (κ2) is 14.8. The van der Waals surface area contributed by atoms with Crippen LogP contribution in [0.2, 0.25) is 0 Å². The van der Waals surface area contributed by atoms with Crippen molar-refractivity contribution in [1.82, 2.24) is 16.0 Å². The molecule has 1 fully saturated rings. The number of benzene rings is 1. The number of ketones is 1. The monoisotopic (exact) mass is 517 g/mol. The van der Waals surface area contributed by atoms with E-state index in [-0.39, 0.29) is 36.9 Å². The maximum atomic E-state index is 13.4. The molecule has 10 heteroatoms. The minimum absolute atomic E-state index is 0.0184. The van der Waals surface area contributed by atoms with Crippen LogP contribution < -0.4 is 27.4 Å². The van der Waals surface area contributed by atoms with Crippen molar-refractivity contribution in [2.45, 2.75) is 96.1 Å². The zero-order chi connectivity index (χ0) is 27.5. The Hall–Kier alpha value is -2.82. The van der Waals surface area contributed by atoms with Crippen LogP contribution in [0.25, 0.3) is 0 Å². The van der Waals surface area contributed by atoms with E-state index in [9.17, 15) is 24.3 Å². The van der Waals surface area contributed by atoms with Crippen molar-refractivity contribution in [3.05, 3.63) is 35.9 Å². The molecule has 8 N–H and O–H groups in total. The Morgan fingerprint density at radius 1 is 1.08 bits per heavy atom. The fourth-order valence-corrected chi connectivity index (χ4v) is 4.66. The predicted molar refractivity (Wildman–Crippen MR) is 141 cm³/mol. The summed E-state index contributed by atoms with van der Waals surface area (Å²) in [5, 5.41) is 18.1. The maximum Gasteiger partial charge on any atom is 0.306 e. The third-order valence-electron chi connectivity index (χ3n) is 6.66. The minimum atomic E-state index is -0.989. The van der Waals surface area contributed by atoms with Crippen molar-refractivity contribution in [3.63, 3.8) is 0 Å². The zero-order valence-corrected chi connectivity index (χ0v) is 22.1. The van der Waals surface area contributed by atoms with Gasteiger partial charge in [0.15, 0.2) is 5.78 Å². The smallest absolute Gasteiger partial charge is 0.306 e. The SMILES string of the molecule is CCCC[C@@H](NC(=O)[C@@H](CC(C)C)NC(=O)C[C@H](N)c1ccccc1)C(=O)[C@H]1CC(C(=O)O)CC(N)N1. The molecule has 6 atom stereocenters. The number of rotatable bonds is 14. The van der Waals surface area contributed by atoms with Gasteiger partial charge in [-0.2, -0.15) is 0 Å². The number of unbranched alkanes of at least 4 members (excludes halogenated alkanes) is 1. The van der Waals surface area contributed by atoms with Crippen LogP contribution in [0.5, 0.6) is 0 Å². The standard InChI is InChI=1S/C27H43N5O5/c1-4-5-11-20(25(34)21-13-18(27(36)37)14-23(29)30-21)32-26(35)22(12-16(2)3)31-24(33)15-19(28)17-9-7-6-8-10-17/h6-10,16,18-23,30H,4-5,11-15,28-29H2,1-3H3,(H,31,33)(H,32,35)(H,36,37)/t18?,19-,20+,21+,22+,23?/m0/s1. The first-order chi connectivity index (χ1) is 17.5. The number of hydrogen-bond donors (Lipinski definition) is 6. The first-order valence-corrected chi connectivity index (χ1v) is 13.2. The van der Waals surface area contributed by atoms with E-state index in [4.69, 9.17) is 11.5 Å². The number of amides is 2. The molecule has 0 saturated carbocycles. The Morgan fingerprint density at radius 3 is 2.35 bits per heavy atom. The van der Waals surface area contributed by atoms with Gasteiger partial charge in [0.1, 0.15) is 6.04 Å². The first kappa shape index (κ1) is 30.4. The molecule has 1 aliphatic heterocycles. The molecule has 0 aliphatic carbocycles. The molecule has 2 amide bonds. The second-order valence-corrected chi connectivity index (χ2v) is 10.4. The van der Waals surface area contributed by atoms with E-state index in [2.05, 4.69) is 16.0 Å². The number of aliphatic carboxylic acids is 1. The van der Waals surface area contributed by atoms with E-state index < -0.39 is 48.1 Å². The summed E-state index contributed by atoms with van der Waals surface area (Å²) in [6.45, 7) is 5.87. The summed E-state index contributed by atoms with van der Waals surface area (Å²) in [7, 11) is 0. The second-order valence-electron chi connectivity index (χ2n) is 10.4. The fourth-order valence-electron chi connectivity index (χ4n) is 4.66. The summed E-state index contributed by atoms with van der Waals surface area (Å²) in [5.74, 6) is -2.69. The number of hydrogen-bond acceptors (Lipinski definition) is 7. The highest BCUT2D eigenvalue weighted by Gasteiger charge is 2.38. The van der Waals surface area contributed by atoms with E-state index in [1.165, 1.54) is 0 Å². The summed E-state index contributed by atoms with van der Waals surface area (Å²) in [6, 6.07) is 6.34. The molecule has 0 radical (unpaired) electrons. The quantitative estimate of drug-likeness (QED) is 0.215. The number of carbonyl (C=O) groups is 4. The molecular formula is C27H43N5O5. The van der Waals surface area contributed by atoms with Gasteiger partial charge >= 0.3 is 5.97 Å². The van der Waals surface area contributed by atoms with Gasteiger partial charge in [-0.25, -0.2) is 0 Å². The van der Waals surface area contributed by atoms with Gasteiger partial charge in [0, 0.05) is 12.5 Å². The Bertz CT molecular complexity index is 910. The van der Waals surface area contributed by atoms with Crippen LogP contribution in [0.1, 0.15) is 77.3 Å². The molecule has 2 unspecified atom stereocenters. The number of nitrogens with two attached hydrogens (primary N) is 2. The van der Waals surface area contributed by atoms with Crippen LogP contribution in [-0.2, 0) is 19.2 Å². The Kier molecular flexibility index (Phi) is 12.2. The van der Waals surface area contributed by atoms with Crippen molar-refractivity contribution in [3.8, 4) is 0 Å². The molecular weight excluding hydrogens is 474 g/mol. The van der Waals surface area contributed by atoms with Crippen molar-refractivity contribution in [2.24, 2.45) is 23.3 Å². The van der Waals surface area contributed by atoms with Crippen LogP contribution in [0, 0.1) is 11.8 Å². The number of carbonyl (C=O) groups excluding carboxylic acids is 3. The van der Waals surface area contributed by atoms with Gasteiger partial charge in [0.25, 0.3) is 0 Å². The van der Waals surface area contributed by atoms with E-state index in [1.54, 1.807) is 0 Å². The fraction of sp³-hybridized carbons (Fsp3) is 0.630. The van der Waals surface area contributed by atoms with Gasteiger partial charge in [-0.15, -0.1) is 0 Å². The third-order valence-corrected chi connectivity index (χ3v) is 6.66. The van der Waals surface area contributed by atoms with Gasteiger partial charge in [-0.1, -0.05) is 63.9 Å². The molecule has 2 rings (SSSR count). The van der Waals surface area contributed by atoms with Crippen molar-refractivity contribution < 1.29 is 24.3 Å². The highest BCUT2D eigenvalue weighted by molar-refractivity contribution is 5.95. The largest absolute Gasteiger partial charge is 0.481 e. The van der Waals surface area contributed by atoms with E-state index >= 15 is 0 Å². The predicted octanol–water partition coefficient (Wildman–Crippen LogP) is 1.59. The number of Topliss-reactive ketones (excluding diaryl/α,β-unsaturated/α-hetero) is 1. The maximum absolute atomic E-state index is 13.4. The molecule has 1 aliphatic rings. The normalized spacial score (nSPS) is 22.1. The van der Waals surface area contributed by atoms with Crippen LogP contribution >= 0.6 is 0 Å². The Labute approximate surface area is 219 Å². The van der Waals surface area contributed by atoms with E-state index in [0.717, 1.165) is 12.0 Å². The molecule has 0 spiro atoms. The molecule has 10 nitrogen and oxygen atoms in total. The van der Waals surface area contributed by atoms with Crippen LogP contribution in [0.3, 0.4) is 0 Å². The lowest BCUT2D eigenvalue weighted by Crippen LogP contribution is -2.60. The summed E-state index contributed by atoms with van der Waals surface area (Å²) in [6.07, 6.45) is 2.07. The summed E-state index contributed by atoms with van der Waals surface area (Å²) in [5.41, 5.74) is 13.0. The molecule has 1 heterocycles. The number of carboxylic acids is 1. The van der Waals surface area contributed by atoms with E-state index in [0.29, 0.717) is 19.3 Å².